The van der Waals surface area contributed by atoms with Crippen LogP contribution in [0, 0.1) is 0 Å². The minimum atomic E-state index is 0.900. The van der Waals surface area contributed by atoms with Crippen molar-refractivity contribution >= 4 is 21.4 Å². The molecule has 0 aliphatic carbocycles. The van der Waals surface area contributed by atoms with Gasteiger partial charge in [0.05, 0.1) is 14.2 Å². The first-order valence-electron chi connectivity index (χ1n) is 3.95. The van der Waals surface area contributed by atoms with E-state index in [-0.39, 0.29) is 0 Å². The lowest BCUT2D eigenvalue weighted by atomic mass is 10.2. The van der Waals surface area contributed by atoms with Crippen molar-refractivity contribution in [3.05, 3.63) is 24.3 Å². The number of benzene rings is 1. The standard InChI is InChI=1S/C10H10O2S/c1-11-8-4-3-5-9-7(8)6-10(12-2)13-9/h3-6H,1-2H3. The fourth-order valence-corrected chi connectivity index (χ4v) is 2.18. The number of hydrogen-bond donors (Lipinski definition) is 0. The van der Waals surface area contributed by atoms with Gasteiger partial charge in [0.25, 0.3) is 0 Å². The number of fused-ring (bicyclic) bond motifs is 1. The minimum Gasteiger partial charge on any atom is -0.496 e. The fraction of sp³-hybridized carbons (Fsp3) is 0.200. The third kappa shape index (κ3) is 1.35. The molecule has 3 heteroatoms. The molecule has 0 atom stereocenters. The molecule has 0 aliphatic heterocycles. The van der Waals surface area contributed by atoms with Crippen molar-refractivity contribution in [3.63, 3.8) is 0 Å². The lowest BCUT2D eigenvalue weighted by molar-refractivity contribution is 0.418. The number of rotatable bonds is 2. The topological polar surface area (TPSA) is 18.5 Å². The molecule has 1 aromatic carbocycles. The Morgan fingerprint density at radius 1 is 1.15 bits per heavy atom. The van der Waals surface area contributed by atoms with Gasteiger partial charge in [-0.15, -0.1) is 0 Å². The maximum absolute atomic E-state index is 5.24. The average Bonchev–Trinajstić information content (AvgIpc) is 2.59. The summed E-state index contributed by atoms with van der Waals surface area (Å²) in [6, 6.07) is 8.00. The van der Waals surface area contributed by atoms with Gasteiger partial charge in [0.15, 0.2) is 5.06 Å². The van der Waals surface area contributed by atoms with Gasteiger partial charge >= 0.3 is 0 Å². The second kappa shape index (κ2) is 3.26. The van der Waals surface area contributed by atoms with E-state index in [1.54, 1.807) is 25.6 Å². The summed E-state index contributed by atoms with van der Waals surface area (Å²) >= 11 is 1.62. The third-order valence-corrected chi connectivity index (χ3v) is 2.98. The van der Waals surface area contributed by atoms with Crippen molar-refractivity contribution in [2.45, 2.75) is 0 Å². The van der Waals surface area contributed by atoms with Gasteiger partial charge < -0.3 is 9.47 Å². The van der Waals surface area contributed by atoms with E-state index >= 15 is 0 Å². The molecular formula is C10H10O2S. The number of methoxy groups -OCH3 is 2. The zero-order chi connectivity index (χ0) is 9.26. The van der Waals surface area contributed by atoms with Gasteiger partial charge in [0, 0.05) is 16.2 Å². The molecule has 13 heavy (non-hydrogen) atoms. The van der Waals surface area contributed by atoms with Gasteiger partial charge in [-0.1, -0.05) is 17.4 Å². The minimum absolute atomic E-state index is 0.900. The normalized spacial score (nSPS) is 10.3. The van der Waals surface area contributed by atoms with Crippen molar-refractivity contribution in [1.29, 1.82) is 0 Å². The highest BCUT2D eigenvalue weighted by molar-refractivity contribution is 7.20. The van der Waals surface area contributed by atoms with Crippen molar-refractivity contribution in [1.82, 2.24) is 0 Å². The highest BCUT2D eigenvalue weighted by Gasteiger charge is 2.05. The molecule has 0 fully saturated rings. The van der Waals surface area contributed by atoms with Gasteiger partial charge in [0.1, 0.15) is 5.75 Å². The summed E-state index contributed by atoms with van der Waals surface area (Å²) in [6.07, 6.45) is 0. The van der Waals surface area contributed by atoms with Crippen LogP contribution in [0.15, 0.2) is 24.3 Å². The summed E-state index contributed by atoms with van der Waals surface area (Å²) < 4.78 is 11.6. The highest BCUT2D eigenvalue weighted by Crippen LogP contribution is 2.36. The lowest BCUT2D eigenvalue weighted by Crippen LogP contribution is -1.81. The Labute approximate surface area is 80.7 Å². The summed E-state index contributed by atoms with van der Waals surface area (Å²) in [6.45, 7) is 0. The Bertz CT molecular complexity index is 420. The number of thiophene rings is 1. The molecule has 1 aromatic heterocycles. The molecule has 0 N–H and O–H groups in total. The Hall–Kier alpha value is -1.22. The van der Waals surface area contributed by atoms with E-state index in [2.05, 4.69) is 6.07 Å². The first-order chi connectivity index (χ1) is 6.35. The predicted octanol–water partition coefficient (Wildman–Crippen LogP) is 2.92. The summed E-state index contributed by atoms with van der Waals surface area (Å²) in [5.41, 5.74) is 0. The maximum atomic E-state index is 5.24. The molecule has 0 amide bonds. The average molecular weight is 194 g/mol. The predicted molar refractivity (Wildman–Crippen MR) is 54.9 cm³/mol. The van der Waals surface area contributed by atoms with Crippen LogP contribution in [-0.2, 0) is 0 Å². The zero-order valence-corrected chi connectivity index (χ0v) is 8.35. The van der Waals surface area contributed by atoms with Crippen LogP contribution in [-0.4, -0.2) is 14.2 Å². The van der Waals surface area contributed by atoms with Gasteiger partial charge in [-0.05, 0) is 12.1 Å². The molecule has 2 rings (SSSR count). The molecule has 0 radical (unpaired) electrons. The van der Waals surface area contributed by atoms with Crippen molar-refractivity contribution in [3.8, 4) is 10.8 Å². The SMILES string of the molecule is COc1cc2c(OC)cccc2s1. The summed E-state index contributed by atoms with van der Waals surface area (Å²) in [7, 11) is 3.36. The molecule has 0 bridgehead atoms. The monoisotopic (exact) mass is 194 g/mol. The van der Waals surface area contributed by atoms with E-state index in [9.17, 15) is 0 Å². The number of ether oxygens (including phenoxy) is 2. The quantitative estimate of drug-likeness (QED) is 0.731. The van der Waals surface area contributed by atoms with Gasteiger partial charge in [-0.2, -0.15) is 0 Å². The van der Waals surface area contributed by atoms with Crippen LogP contribution in [0.2, 0.25) is 0 Å². The maximum Gasteiger partial charge on any atom is 0.174 e. The van der Waals surface area contributed by atoms with Crippen LogP contribution in [0.25, 0.3) is 10.1 Å². The first kappa shape index (κ1) is 8.38. The van der Waals surface area contributed by atoms with Gasteiger partial charge in [-0.25, -0.2) is 0 Å². The van der Waals surface area contributed by atoms with Crippen LogP contribution in [0.3, 0.4) is 0 Å². The smallest absolute Gasteiger partial charge is 0.174 e. The lowest BCUT2D eigenvalue weighted by Gasteiger charge is -1.98. The van der Waals surface area contributed by atoms with E-state index in [4.69, 9.17) is 9.47 Å². The van der Waals surface area contributed by atoms with Crippen LogP contribution in [0.1, 0.15) is 0 Å². The Morgan fingerprint density at radius 2 is 2.00 bits per heavy atom. The van der Waals surface area contributed by atoms with E-state index in [1.807, 2.05) is 18.2 Å². The van der Waals surface area contributed by atoms with E-state index < -0.39 is 0 Å². The molecule has 68 valence electrons. The van der Waals surface area contributed by atoms with Crippen molar-refractivity contribution < 1.29 is 9.47 Å². The van der Waals surface area contributed by atoms with Crippen LogP contribution < -0.4 is 9.47 Å². The van der Waals surface area contributed by atoms with Crippen LogP contribution >= 0.6 is 11.3 Å². The molecule has 0 unspecified atom stereocenters. The summed E-state index contributed by atoms with van der Waals surface area (Å²) in [5.74, 6) is 0.900. The fourth-order valence-electron chi connectivity index (χ4n) is 1.29. The molecule has 0 saturated heterocycles. The first-order valence-corrected chi connectivity index (χ1v) is 4.77. The highest BCUT2D eigenvalue weighted by atomic mass is 32.1. The van der Waals surface area contributed by atoms with Crippen molar-refractivity contribution in [2.24, 2.45) is 0 Å². The van der Waals surface area contributed by atoms with E-state index in [0.717, 1.165) is 16.2 Å². The van der Waals surface area contributed by atoms with Crippen molar-refractivity contribution in [2.75, 3.05) is 14.2 Å². The molecular weight excluding hydrogens is 184 g/mol. The number of hydrogen-bond acceptors (Lipinski definition) is 3. The molecule has 1 heterocycles. The van der Waals surface area contributed by atoms with Crippen LogP contribution in [0.4, 0.5) is 0 Å². The Morgan fingerprint density at radius 3 is 2.69 bits per heavy atom. The molecule has 2 nitrogen and oxygen atoms in total. The third-order valence-electron chi connectivity index (χ3n) is 1.92. The zero-order valence-electron chi connectivity index (χ0n) is 7.53. The van der Waals surface area contributed by atoms with Crippen LogP contribution in [0.5, 0.6) is 10.8 Å². The molecule has 2 aromatic rings. The van der Waals surface area contributed by atoms with Gasteiger partial charge in [0.2, 0.25) is 0 Å². The molecule has 0 aliphatic rings. The Kier molecular flexibility index (Phi) is 2.10. The summed E-state index contributed by atoms with van der Waals surface area (Å²) in [4.78, 5) is 0. The summed E-state index contributed by atoms with van der Waals surface area (Å²) in [5, 5.41) is 2.03. The van der Waals surface area contributed by atoms with Gasteiger partial charge in [-0.3, -0.25) is 0 Å². The largest absolute Gasteiger partial charge is 0.496 e. The Balaban J connectivity index is 2.67. The van der Waals surface area contributed by atoms with E-state index in [0.29, 0.717) is 0 Å². The second-order valence-corrected chi connectivity index (χ2v) is 3.69. The second-order valence-electron chi connectivity index (χ2n) is 2.64. The van der Waals surface area contributed by atoms with E-state index in [1.165, 1.54) is 4.70 Å². The molecule has 0 saturated carbocycles. The molecule has 0 spiro atoms.